The molecule has 0 saturated carbocycles. The molecule has 2 aromatic heterocycles. The average molecular weight is 376 g/mol. The molecular formula is C11H17IN4OSi. The first kappa shape index (κ1) is 13.9. The van der Waals surface area contributed by atoms with Crippen molar-refractivity contribution in [2.24, 2.45) is 0 Å². The fraction of sp³-hybridized carbons (Fsp3) is 0.545. The van der Waals surface area contributed by atoms with E-state index in [4.69, 9.17) is 4.74 Å². The molecule has 0 amide bonds. The lowest BCUT2D eigenvalue weighted by atomic mass is 10.6. The molecule has 0 aliphatic carbocycles. The van der Waals surface area contributed by atoms with Crippen LogP contribution in [0.15, 0.2) is 12.7 Å². The van der Waals surface area contributed by atoms with Gasteiger partial charge in [0.15, 0.2) is 5.65 Å². The molecule has 0 saturated heterocycles. The molecule has 18 heavy (non-hydrogen) atoms. The van der Waals surface area contributed by atoms with Gasteiger partial charge in [-0.1, -0.05) is 19.6 Å². The molecule has 1 unspecified atom stereocenters. The van der Waals surface area contributed by atoms with E-state index in [0.717, 1.165) is 14.9 Å². The van der Waals surface area contributed by atoms with Crippen molar-refractivity contribution in [3.63, 3.8) is 0 Å². The van der Waals surface area contributed by atoms with Crippen LogP contribution in [0.1, 0.15) is 6.92 Å². The Hall–Kier alpha value is -0.543. The van der Waals surface area contributed by atoms with E-state index in [1.807, 2.05) is 4.57 Å². The minimum Gasteiger partial charge on any atom is -0.361 e. The number of hydrogen-bond acceptors (Lipinski definition) is 4. The smallest absolute Gasteiger partial charge is 0.166 e. The maximum atomic E-state index is 5.92. The molecule has 2 aromatic rings. The van der Waals surface area contributed by atoms with Gasteiger partial charge < -0.3 is 4.74 Å². The van der Waals surface area contributed by atoms with Gasteiger partial charge in [-0.05, 0) is 29.5 Å². The number of aromatic nitrogens is 4. The summed E-state index contributed by atoms with van der Waals surface area (Å²) in [4.78, 5) is 12.7. The van der Waals surface area contributed by atoms with E-state index in [9.17, 15) is 0 Å². The predicted molar refractivity (Wildman–Crippen MR) is 81.9 cm³/mol. The molecule has 0 aliphatic heterocycles. The molecule has 7 heteroatoms. The lowest BCUT2D eigenvalue weighted by Crippen LogP contribution is -2.38. The van der Waals surface area contributed by atoms with Gasteiger partial charge in [-0.2, -0.15) is 0 Å². The first-order chi connectivity index (χ1) is 8.39. The third kappa shape index (κ3) is 2.89. The summed E-state index contributed by atoms with van der Waals surface area (Å²) in [5.74, 6) is 0. The number of halogens is 1. The second kappa shape index (κ2) is 5.22. The Morgan fingerprint density at radius 2 is 2.06 bits per heavy atom. The minimum absolute atomic E-state index is 0.302. The fourth-order valence-corrected chi connectivity index (χ4v) is 2.47. The Bertz CT molecular complexity index is 551. The van der Waals surface area contributed by atoms with Gasteiger partial charge in [-0.25, -0.2) is 15.0 Å². The van der Waals surface area contributed by atoms with Crippen molar-refractivity contribution in [3.8, 4) is 0 Å². The zero-order valence-electron chi connectivity index (χ0n) is 11.0. The fourth-order valence-electron chi connectivity index (χ4n) is 1.39. The van der Waals surface area contributed by atoms with Crippen LogP contribution in [0, 0.1) is 3.70 Å². The van der Waals surface area contributed by atoms with Gasteiger partial charge in [0.1, 0.15) is 22.3 Å². The monoisotopic (exact) mass is 376 g/mol. The maximum Gasteiger partial charge on any atom is 0.166 e. The van der Waals surface area contributed by atoms with Crippen molar-refractivity contribution in [2.75, 3.05) is 0 Å². The van der Waals surface area contributed by atoms with E-state index in [-0.39, 0.29) is 0 Å². The number of fused-ring (bicyclic) bond motifs is 1. The van der Waals surface area contributed by atoms with E-state index < -0.39 is 8.07 Å². The number of imidazole rings is 1. The van der Waals surface area contributed by atoms with Gasteiger partial charge in [0.05, 0.1) is 14.4 Å². The van der Waals surface area contributed by atoms with Crippen molar-refractivity contribution in [3.05, 3.63) is 16.4 Å². The molecule has 0 N–H and O–H groups in total. The number of hydrogen-bond donors (Lipinski definition) is 0. The van der Waals surface area contributed by atoms with E-state index in [1.54, 1.807) is 12.7 Å². The molecule has 0 fully saturated rings. The molecule has 0 spiro atoms. The Labute approximate surface area is 121 Å². The molecule has 98 valence electrons. The highest BCUT2D eigenvalue weighted by atomic mass is 127. The highest BCUT2D eigenvalue weighted by molar-refractivity contribution is 14.1. The van der Waals surface area contributed by atoms with E-state index in [2.05, 4.69) is 64.1 Å². The summed E-state index contributed by atoms with van der Waals surface area (Å²) in [5, 5.41) is 0. The zero-order valence-corrected chi connectivity index (χ0v) is 14.2. The Morgan fingerprint density at radius 1 is 1.33 bits per heavy atom. The highest BCUT2D eigenvalue weighted by Gasteiger charge is 2.23. The average Bonchev–Trinajstić information content (AvgIpc) is 2.69. The minimum atomic E-state index is -1.26. The summed E-state index contributed by atoms with van der Waals surface area (Å²) in [7, 11) is -1.26. The number of ether oxygens (including phenoxy) is 1. The largest absolute Gasteiger partial charge is 0.361 e. The molecule has 0 aliphatic rings. The van der Waals surface area contributed by atoms with Crippen LogP contribution in [0.2, 0.25) is 19.6 Å². The Morgan fingerprint density at radius 3 is 2.72 bits per heavy atom. The molecule has 2 rings (SSSR count). The highest BCUT2D eigenvalue weighted by Crippen LogP contribution is 2.16. The van der Waals surface area contributed by atoms with Crippen LogP contribution in [-0.4, -0.2) is 33.3 Å². The van der Waals surface area contributed by atoms with E-state index >= 15 is 0 Å². The van der Waals surface area contributed by atoms with Crippen LogP contribution < -0.4 is 0 Å². The van der Waals surface area contributed by atoms with Gasteiger partial charge in [-0.3, -0.25) is 4.57 Å². The van der Waals surface area contributed by atoms with Gasteiger partial charge in [0, 0.05) is 5.73 Å². The summed E-state index contributed by atoms with van der Waals surface area (Å²) in [6.45, 7) is 9.54. The topological polar surface area (TPSA) is 52.8 Å². The number of rotatable bonds is 4. The number of nitrogens with zero attached hydrogens (tertiary/aromatic N) is 4. The van der Waals surface area contributed by atoms with Crippen molar-refractivity contribution >= 4 is 41.8 Å². The quantitative estimate of drug-likeness (QED) is 0.468. The molecule has 0 aromatic carbocycles. The molecule has 1 atom stereocenters. The van der Waals surface area contributed by atoms with E-state index in [1.165, 1.54) is 0 Å². The van der Waals surface area contributed by atoms with Crippen molar-refractivity contribution in [1.29, 1.82) is 0 Å². The second-order valence-corrected chi connectivity index (χ2v) is 11.9. The zero-order chi connectivity index (χ0) is 13.3. The second-order valence-electron chi connectivity index (χ2n) is 5.36. The van der Waals surface area contributed by atoms with Crippen LogP contribution in [-0.2, 0) is 11.5 Å². The van der Waals surface area contributed by atoms with Crippen LogP contribution in [0.4, 0.5) is 0 Å². The molecule has 0 bridgehead atoms. The standard InChI is InChI=1S/C11H17IN4OSi/c1-8(18(2,3)4)17-7-16-6-15-9-10(12)13-5-14-11(9)16/h5-6,8H,7H2,1-4H3. The summed E-state index contributed by atoms with van der Waals surface area (Å²) >= 11 is 2.17. The first-order valence-corrected chi connectivity index (χ1v) is 10.5. The van der Waals surface area contributed by atoms with Crippen LogP contribution in [0.5, 0.6) is 0 Å². The van der Waals surface area contributed by atoms with Crippen molar-refractivity contribution in [1.82, 2.24) is 19.5 Å². The van der Waals surface area contributed by atoms with Crippen LogP contribution in [0.3, 0.4) is 0 Å². The van der Waals surface area contributed by atoms with Crippen molar-refractivity contribution < 1.29 is 4.74 Å². The lowest BCUT2D eigenvalue weighted by molar-refractivity contribution is 0.0586. The van der Waals surface area contributed by atoms with Gasteiger partial charge in [0.25, 0.3) is 0 Å². The SMILES string of the molecule is CC(OCn1cnc2c(I)ncnc21)[Si](C)(C)C. The summed E-state index contributed by atoms with van der Waals surface area (Å²) in [6, 6.07) is 0. The Kier molecular flexibility index (Phi) is 4.02. The van der Waals surface area contributed by atoms with E-state index in [0.29, 0.717) is 12.5 Å². The summed E-state index contributed by atoms with van der Waals surface area (Å²) in [5.41, 5.74) is 1.97. The lowest BCUT2D eigenvalue weighted by Gasteiger charge is -2.25. The predicted octanol–water partition coefficient (Wildman–Crippen LogP) is 2.67. The maximum absolute atomic E-state index is 5.92. The molecule has 2 heterocycles. The van der Waals surface area contributed by atoms with Gasteiger partial charge in [0.2, 0.25) is 0 Å². The van der Waals surface area contributed by atoms with Gasteiger partial charge in [-0.15, -0.1) is 0 Å². The summed E-state index contributed by atoms with van der Waals surface area (Å²) in [6.07, 6.45) is 3.32. The molecule has 0 radical (unpaired) electrons. The normalized spacial score (nSPS) is 14.1. The third-order valence-electron chi connectivity index (χ3n) is 3.04. The van der Waals surface area contributed by atoms with Crippen LogP contribution in [0.25, 0.3) is 11.2 Å². The van der Waals surface area contributed by atoms with Gasteiger partial charge >= 0.3 is 0 Å². The summed E-state index contributed by atoms with van der Waals surface area (Å²) < 4.78 is 8.72. The third-order valence-corrected chi connectivity index (χ3v) is 6.44. The van der Waals surface area contributed by atoms with Crippen molar-refractivity contribution in [2.45, 2.75) is 39.0 Å². The molecule has 5 nitrogen and oxygen atoms in total. The first-order valence-electron chi connectivity index (χ1n) is 5.82. The molecular weight excluding hydrogens is 359 g/mol. The van der Waals surface area contributed by atoms with Crippen LogP contribution >= 0.6 is 22.6 Å². The Balaban J connectivity index is 2.16.